The fourth-order valence-electron chi connectivity index (χ4n) is 2.47. The molecule has 0 saturated heterocycles. The van der Waals surface area contributed by atoms with Crippen LogP contribution in [0.15, 0.2) is 47.5 Å². The largest absolute Gasteiger partial charge is 0.493 e. The van der Waals surface area contributed by atoms with Crippen LogP contribution in [-0.4, -0.2) is 47.0 Å². The molecular weight excluding hydrogens is 358 g/mol. The highest BCUT2D eigenvalue weighted by Gasteiger charge is 2.07. The van der Waals surface area contributed by atoms with Crippen molar-refractivity contribution < 1.29 is 18.9 Å². The minimum atomic E-state index is 0.538. The first-order chi connectivity index (χ1) is 13.7. The Bertz CT molecular complexity index is 748. The molecule has 2 rings (SSSR count). The van der Waals surface area contributed by atoms with Crippen LogP contribution in [0.25, 0.3) is 0 Å². The number of hydrogen-bond acceptors (Lipinski definition) is 5. The molecule has 0 saturated carbocycles. The van der Waals surface area contributed by atoms with Gasteiger partial charge in [-0.3, -0.25) is 4.99 Å². The summed E-state index contributed by atoms with van der Waals surface area (Å²) in [5, 5.41) is 6.55. The number of rotatable bonds is 10. The molecule has 0 aromatic heterocycles. The topological polar surface area (TPSA) is 73.3 Å². The van der Waals surface area contributed by atoms with Gasteiger partial charge < -0.3 is 29.6 Å². The summed E-state index contributed by atoms with van der Waals surface area (Å²) in [5.74, 6) is 2.87. The van der Waals surface area contributed by atoms with Crippen LogP contribution in [0, 0.1) is 0 Å². The van der Waals surface area contributed by atoms with Gasteiger partial charge in [0.05, 0.1) is 20.3 Å². The molecule has 0 aliphatic heterocycles. The molecule has 2 aromatic rings. The standard InChI is InChI=1S/C21H29N3O4/c1-5-27-20-14-17(8-11-19(20)26-4)24-21(22-2)23-15-16-6-9-18(10-7-16)28-13-12-25-3/h6-11,14H,5,12-13,15H2,1-4H3,(H2,22,23,24). The van der Waals surface area contributed by atoms with Crippen molar-refractivity contribution in [2.24, 2.45) is 4.99 Å². The second kappa shape index (κ2) is 11.7. The van der Waals surface area contributed by atoms with Crippen molar-refractivity contribution in [2.75, 3.05) is 46.4 Å². The van der Waals surface area contributed by atoms with E-state index in [4.69, 9.17) is 18.9 Å². The second-order valence-electron chi connectivity index (χ2n) is 5.83. The average molecular weight is 387 g/mol. The molecule has 7 heteroatoms. The van der Waals surface area contributed by atoms with E-state index in [0.717, 1.165) is 17.0 Å². The molecule has 2 aromatic carbocycles. The molecule has 0 fully saturated rings. The molecule has 152 valence electrons. The SMILES string of the molecule is CCOc1cc(NC(=NC)NCc2ccc(OCCOC)cc2)ccc1OC. The van der Waals surface area contributed by atoms with E-state index in [1.165, 1.54) is 0 Å². The van der Waals surface area contributed by atoms with Crippen LogP contribution < -0.4 is 24.8 Å². The molecule has 0 aliphatic carbocycles. The number of nitrogens with one attached hydrogen (secondary N) is 2. The molecule has 0 radical (unpaired) electrons. The van der Waals surface area contributed by atoms with Gasteiger partial charge in [0.15, 0.2) is 17.5 Å². The first-order valence-electron chi connectivity index (χ1n) is 9.19. The highest BCUT2D eigenvalue weighted by molar-refractivity contribution is 5.93. The number of anilines is 1. The Morgan fingerprint density at radius 1 is 0.964 bits per heavy atom. The monoisotopic (exact) mass is 387 g/mol. The summed E-state index contributed by atoms with van der Waals surface area (Å²) < 4.78 is 21.5. The highest BCUT2D eigenvalue weighted by Crippen LogP contribution is 2.30. The Morgan fingerprint density at radius 2 is 1.75 bits per heavy atom. The summed E-state index contributed by atoms with van der Waals surface area (Å²) in [6.07, 6.45) is 0. The minimum Gasteiger partial charge on any atom is -0.493 e. The van der Waals surface area contributed by atoms with Gasteiger partial charge >= 0.3 is 0 Å². The van der Waals surface area contributed by atoms with E-state index in [9.17, 15) is 0 Å². The fourth-order valence-corrected chi connectivity index (χ4v) is 2.47. The molecule has 0 atom stereocenters. The van der Waals surface area contributed by atoms with Gasteiger partial charge in [0.1, 0.15) is 12.4 Å². The Morgan fingerprint density at radius 3 is 2.39 bits per heavy atom. The summed E-state index contributed by atoms with van der Waals surface area (Å²) in [6.45, 7) is 4.25. The van der Waals surface area contributed by atoms with E-state index >= 15 is 0 Å². The second-order valence-corrected chi connectivity index (χ2v) is 5.83. The van der Waals surface area contributed by atoms with Crippen LogP contribution in [0.3, 0.4) is 0 Å². The number of methoxy groups -OCH3 is 2. The quantitative estimate of drug-likeness (QED) is 0.370. The van der Waals surface area contributed by atoms with Gasteiger partial charge in [0, 0.05) is 32.5 Å². The molecule has 28 heavy (non-hydrogen) atoms. The predicted molar refractivity (Wildman–Crippen MR) is 112 cm³/mol. The maximum atomic E-state index is 5.61. The van der Waals surface area contributed by atoms with E-state index in [-0.39, 0.29) is 0 Å². The fraction of sp³-hybridized carbons (Fsp3) is 0.381. The van der Waals surface area contributed by atoms with Gasteiger partial charge in [-0.1, -0.05) is 12.1 Å². The van der Waals surface area contributed by atoms with E-state index in [1.54, 1.807) is 21.3 Å². The van der Waals surface area contributed by atoms with Crippen molar-refractivity contribution in [3.63, 3.8) is 0 Å². The summed E-state index contributed by atoms with van der Waals surface area (Å²) in [5.41, 5.74) is 1.98. The van der Waals surface area contributed by atoms with E-state index in [0.29, 0.717) is 43.8 Å². The Balaban J connectivity index is 1.91. The van der Waals surface area contributed by atoms with Crippen molar-refractivity contribution in [2.45, 2.75) is 13.5 Å². The normalized spacial score (nSPS) is 11.1. The zero-order valence-corrected chi connectivity index (χ0v) is 17.0. The molecule has 0 unspecified atom stereocenters. The predicted octanol–water partition coefficient (Wildman–Crippen LogP) is 3.31. The number of nitrogens with zero attached hydrogens (tertiary/aromatic N) is 1. The number of ether oxygens (including phenoxy) is 4. The summed E-state index contributed by atoms with van der Waals surface area (Å²) in [4.78, 5) is 4.27. The average Bonchev–Trinajstić information content (AvgIpc) is 2.72. The lowest BCUT2D eigenvalue weighted by Gasteiger charge is -2.15. The molecule has 7 nitrogen and oxygen atoms in total. The van der Waals surface area contributed by atoms with Gasteiger partial charge in [-0.2, -0.15) is 0 Å². The van der Waals surface area contributed by atoms with Crippen LogP contribution in [0.4, 0.5) is 5.69 Å². The lowest BCUT2D eigenvalue weighted by atomic mass is 10.2. The van der Waals surface area contributed by atoms with Gasteiger partial charge in [-0.15, -0.1) is 0 Å². The maximum absolute atomic E-state index is 5.61. The van der Waals surface area contributed by atoms with Crippen molar-refractivity contribution in [1.29, 1.82) is 0 Å². The third-order valence-corrected chi connectivity index (χ3v) is 3.89. The molecule has 0 heterocycles. The number of hydrogen-bond donors (Lipinski definition) is 2. The molecular formula is C21H29N3O4. The minimum absolute atomic E-state index is 0.538. The third kappa shape index (κ3) is 6.66. The van der Waals surface area contributed by atoms with Crippen molar-refractivity contribution in [1.82, 2.24) is 5.32 Å². The number of aliphatic imine (C=N–C) groups is 1. The number of benzene rings is 2. The zero-order valence-electron chi connectivity index (χ0n) is 17.0. The zero-order chi connectivity index (χ0) is 20.2. The first-order valence-corrected chi connectivity index (χ1v) is 9.19. The van der Waals surface area contributed by atoms with Gasteiger partial charge in [-0.25, -0.2) is 0 Å². The van der Waals surface area contributed by atoms with Crippen LogP contribution in [-0.2, 0) is 11.3 Å². The molecule has 0 bridgehead atoms. The van der Waals surface area contributed by atoms with Crippen LogP contribution in [0.1, 0.15) is 12.5 Å². The van der Waals surface area contributed by atoms with Gasteiger partial charge in [0.2, 0.25) is 0 Å². The molecule has 0 spiro atoms. The van der Waals surface area contributed by atoms with Crippen molar-refractivity contribution in [3.8, 4) is 17.2 Å². The lowest BCUT2D eigenvalue weighted by Crippen LogP contribution is -2.30. The Labute approximate surface area is 166 Å². The summed E-state index contributed by atoms with van der Waals surface area (Å²) in [6, 6.07) is 13.6. The van der Waals surface area contributed by atoms with Gasteiger partial charge in [-0.05, 0) is 36.8 Å². The van der Waals surface area contributed by atoms with Crippen LogP contribution >= 0.6 is 0 Å². The Kier molecular flexibility index (Phi) is 8.94. The molecule has 0 aliphatic rings. The van der Waals surface area contributed by atoms with Crippen molar-refractivity contribution in [3.05, 3.63) is 48.0 Å². The lowest BCUT2D eigenvalue weighted by molar-refractivity contribution is 0.146. The van der Waals surface area contributed by atoms with Crippen LogP contribution in [0.5, 0.6) is 17.2 Å². The first kappa shape index (κ1) is 21.4. The smallest absolute Gasteiger partial charge is 0.195 e. The van der Waals surface area contributed by atoms with E-state index in [2.05, 4.69) is 15.6 Å². The highest BCUT2D eigenvalue weighted by atomic mass is 16.5. The maximum Gasteiger partial charge on any atom is 0.195 e. The molecule has 2 N–H and O–H groups in total. The van der Waals surface area contributed by atoms with E-state index < -0.39 is 0 Å². The third-order valence-electron chi connectivity index (χ3n) is 3.89. The molecule has 0 amide bonds. The van der Waals surface area contributed by atoms with Crippen LogP contribution in [0.2, 0.25) is 0 Å². The van der Waals surface area contributed by atoms with Crippen molar-refractivity contribution >= 4 is 11.6 Å². The summed E-state index contributed by atoms with van der Waals surface area (Å²) in [7, 11) is 5.01. The van der Waals surface area contributed by atoms with Gasteiger partial charge in [0.25, 0.3) is 0 Å². The number of guanidine groups is 1. The summed E-state index contributed by atoms with van der Waals surface area (Å²) >= 11 is 0. The van der Waals surface area contributed by atoms with E-state index in [1.807, 2.05) is 49.4 Å². The Hall–Kier alpha value is -2.93.